The number of halogens is 1. The summed E-state index contributed by atoms with van der Waals surface area (Å²) in [5.41, 5.74) is 3.74. The van der Waals surface area contributed by atoms with Gasteiger partial charge in [-0.15, -0.1) is 0 Å². The number of hydrogen-bond acceptors (Lipinski definition) is 4. The van der Waals surface area contributed by atoms with Crippen molar-refractivity contribution in [3.05, 3.63) is 52.9 Å². The Labute approximate surface area is 153 Å². The van der Waals surface area contributed by atoms with Crippen molar-refractivity contribution in [3.63, 3.8) is 0 Å². The van der Waals surface area contributed by atoms with Crippen LogP contribution in [0.15, 0.2) is 36.5 Å². The van der Waals surface area contributed by atoms with Crippen molar-refractivity contribution in [3.8, 4) is 5.75 Å². The van der Waals surface area contributed by atoms with Gasteiger partial charge in [0.05, 0.1) is 23.7 Å². The molecule has 0 saturated heterocycles. The second kappa shape index (κ2) is 7.31. The number of imidazole rings is 1. The smallest absolute Gasteiger partial charge is 0.177 e. The molecule has 2 aromatic heterocycles. The quantitative estimate of drug-likeness (QED) is 0.680. The molecule has 132 valence electrons. The molecule has 2 heterocycles. The summed E-state index contributed by atoms with van der Waals surface area (Å²) in [5.74, 6) is 1.20. The van der Waals surface area contributed by atoms with E-state index >= 15 is 0 Å². The third-order valence-electron chi connectivity index (χ3n) is 3.86. The van der Waals surface area contributed by atoms with Crippen LogP contribution in [0, 0.1) is 0 Å². The van der Waals surface area contributed by atoms with Gasteiger partial charge in [0.2, 0.25) is 0 Å². The maximum Gasteiger partial charge on any atom is 0.177 e. The molecular weight excluding hydrogens is 336 g/mol. The summed E-state index contributed by atoms with van der Waals surface area (Å²) in [6, 6.07) is 9.83. The number of anilines is 1. The Hall–Kier alpha value is -2.27. The fourth-order valence-corrected chi connectivity index (χ4v) is 2.87. The van der Waals surface area contributed by atoms with Crippen LogP contribution in [-0.4, -0.2) is 20.7 Å². The third-order valence-corrected chi connectivity index (χ3v) is 4.04. The van der Waals surface area contributed by atoms with Crippen molar-refractivity contribution in [1.29, 1.82) is 0 Å². The lowest BCUT2D eigenvalue weighted by Gasteiger charge is -2.15. The first-order valence-corrected chi connectivity index (χ1v) is 8.86. The number of ether oxygens (including phenoxy) is 1. The molecule has 0 amide bonds. The van der Waals surface area contributed by atoms with Crippen LogP contribution in [-0.2, 0) is 6.54 Å². The van der Waals surface area contributed by atoms with Gasteiger partial charge in [-0.2, -0.15) is 5.10 Å². The van der Waals surface area contributed by atoms with E-state index in [0.717, 1.165) is 28.3 Å². The van der Waals surface area contributed by atoms with Gasteiger partial charge in [-0.1, -0.05) is 43.6 Å². The molecule has 3 aromatic rings. The average molecular weight is 359 g/mol. The highest BCUT2D eigenvalue weighted by Crippen LogP contribution is 2.26. The van der Waals surface area contributed by atoms with E-state index in [1.165, 1.54) is 0 Å². The fourth-order valence-electron chi connectivity index (χ4n) is 2.69. The maximum atomic E-state index is 6.21. The number of aromatic nitrogens is 3. The summed E-state index contributed by atoms with van der Waals surface area (Å²) in [5, 5.41) is 8.24. The van der Waals surface area contributed by atoms with Crippen LogP contribution in [0.3, 0.4) is 0 Å². The highest BCUT2D eigenvalue weighted by atomic mass is 35.5. The zero-order valence-electron chi connectivity index (χ0n) is 15.0. The molecule has 3 rings (SSSR count). The lowest BCUT2D eigenvalue weighted by Crippen LogP contribution is -2.10. The predicted octanol–water partition coefficient (Wildman–Crippen LogP) is 4.91. The molecule has 0 fully saturated rings. The van der Waals surface area contributed by atoms with Gasteiger partial charge < -0.3 is 10.1 Å². The molecule has 25 heavy (non-hydrogen) atoms. The number of nitrogens with one attached hydrogen (secondary N) is 1. The van der Waals surface area contributed by atoms with Crippen LogP contribution in [0.4, 0.5) is 5.69 Å². The van der Waals surface area contributed by atoms with Crippen LogP contribution < -0.4 is 10.1 Å². The second-order valence-corrected chi connectivity index (χ2v) is 6.97. The molecule has 0 aliphatic carbocycles. The molecule has 1 N–H and O–H groups in total. The first-order valence-electron chi connectivity index (χ1n) is 8.48. The Morgan fingerprint density at radius 1 is 1.20 bits per heavy atom. The highest BCUT2D eigenvalue weighted by molar-refractivity contribution is 6.29. The predicted molar refractivity (Wildman–Crippen MR) is 102 cm³/mol. The number of rotatable bonds is 6. The van der Waals surface area contributed by atoms with Gasteiger partial charge in [0.25, 0.3) is 0 Å². The topological polar surface area (TPSA) is 51.5 Å². The highest BCUT2D eigenvalue weighted by Gasteiger charge is 2.13. The molecule has 6 heteroatoms. The van der Waals surface area contributed by atoms with Crippen molar-refractivity contribution < 1.29 is 4.74 Å². The number of nitrogens with zero attached hydrogens (tertiary/aromatic N) is 3. The van der Waals surface area contributed by atoms with E-state index in [-0.39, 0.29) is 6.10 Å². The van der Waals surface area contributed by atoms with E-state index < -0.39 is 0 Å². The molecular formula is C19H23ClN4O. The minimum atomic E-state index is 0.129. The number of fused-ring (bicyclic) bond motifs is 1. The summed E-state index contributed by atoms with van der Waals surface area (Å²) >= 11 is 6.21. The van der Waals surface area contributed by atoms with Gasteiger partial charge in [-0.05, 0) is 25.8 Å². The fraction of sp³-hybridized carbons (Fsp3) is 0.368. The van der Waals surface area contributed by atoms with E-state index in [1.54, 1.807) is 6.07 Å². The van der Waals surface area contributed by atoms with E-state index in [4.69, 9.17) is 16.3 Å². The SMILES string of the molecule is CC(C)Oc1ccccc1CNc1cc(Cl)nn2c(C(C)C)cnc12. The second-order valence-electron chi connectivity index (χ2n) is 6.58. The van der Waals surface area contributed by atoms with Crippen molar-refractivity contribution in [2.75, 3.05) is 5.32 Å². The monoisotopic (exact) mass is 358 g/mol. The molecule has 0 radical (unpaired) electrons. The minimum Gasteiger partial charge on any atom is -0.491 e. The van der Waals surface area contributed by atoms with Gasteiger partial charge in [-0.3, -0.25) is 0 Å². The average Bonchev–Trinajstić information content (AvgIpc) is 2.97. The van der Waals surface area contributed by atoms with Crippen LogP contribution in [0.2, 0.25) is 5.15 Å². The molecule has 0 unspecified atom stereocenters. The first kappa shape index (κ1) is 17.5. The van der Waals surface area contributed by atoms with Gasteiger partial charge in [0, 0.05) is 18.2 Å². The molecule has 0 aliphatic heterocycles. The van der Waals surface area contributed by atoms with E-state index in [9.17, 15) is 0 Å². The minimum absolute atomic E-state index is 0.129. The van der Waals surface area contributed by atoms with Crippen molar-refractivity contribution in [2.45, 2.75) is 46.3 Å². The lowest BCUT2D eigenvalue weighted by atomic mass is 10.1. The van der Waals surface area contributed by atoms with Crippen molar-refractivity contribution >= 4 is 22.9 Å². The molecule has 5 nitrogen and oxygen atoms in total. The Morgan fingerprint density at radius 3 is 2.68 bits per heavy atom. The number of para-hydroxylation sites is 1. The zero-order valence-corrected chi connectivity index (χ0v) is 15.7. The summed E-state index contributed by atoms with van der Waals surface area (Å²) in [7, 11) is 0. The van der Waals surface area contributed by atoms with Crippen LogP contribution in [0.25, 0.3) is 5.65 Å². The molecule has 0 spiro atoms. The lowest BCUT2D eigenvalue weighted by molar-refractivity contribution is 0.240. The maximum absolute atomic E-state index is 6.21. The molecule has 0 aliphatic rings. The number of benzene rings is 1. The van der Waals surface area contributed by atoms with Crippen LogP contribution >= 0.6 is 11.6 Å². The summed E-state index contributed by atoms with van der Waals surface area (Å²) in [6.45, 7) is 8.88. The first-order chi connectivity index (χ1) is 12.0. The molecule has 0 saturated carbocycles. The summed E-state index contributed by atoms with van der Waals surface area (Å²) in [4.78, 5) is 4.51. The molecule has 1 aromatic carbocycles. The molecule has 0 atom stereocenters. The van der Waals surface area contributed by atoms with Crippen LogP contribution in [0.5, 0.6) is 5.75 Å². The van der Waals surface area contributed by atoms with E-state index in [1.807, 2.05) is 42.8 Å². The Bertz CT molecular complexity index is 873. The van der Waals surface area contributed by atoms with E-state index in [2.05, 4.69) is 35.3 Å². The van der Waals surface area contributed by atoms with Gasteiger partial charge >= 0.3 is 0 Å². The Kier molecular flexibility index (Phi) is 5.13. The number of hydrogen-bond donors (Lipinski definition) is 1. The van der Waals surface area contributed by atoms with Crippen molar-refractivity contribution in [1.82, 2.24) is 14.6 Å². The largest absolute Gasteiger partial charge is 0.491 e. The van der Waals surface area contributed by atoms with E-state index in [0.29, 0.717) is 17.6 Å². The molecule has 0 bridgehead atoms. The Balaban J connectivity index is 1.89. The van der Waals surface area contributed by atoms with Gasteiger partial charge in [0.1, 0.15) is 5.75 Å². The summed E-state index contributed by atoms with van der Waals surface area (Å²) in [6.07, 6.45) is 1.98. The van der Waals surface area contributed by atoms with Gasteiger partial charge in [-0.25, -0.2) is 9.50 Å². The summed E-state index contributed by atoms with van der Waals surface area (Å²) < 4.78 is 7.69. The van der Waals surface area contributed by atoms with Crippen molar-refractivity contribution in [2.24, 2.45) is 0 Å². The standard InChI is InChI=1S/C19H23ClN4O/c1-12(2)16-11-22-19-15(9-18(20)23-24(16)19)21-10-14-7-5-6-8-17(14)25-13(3)4/h5-9,11-13,21H,10H2,1-4H3. The zero-order chi connectivity index (χ0) is 18.0. The third kappa shape index (κ3) is 3.87. The normalized spacial score (nSPS) is 11.5. The van der Waals surface area contributed by atoms with Crippen LogP contribution in [0.1, 0.15) is 44.9 Å². The van der Waals surface area contributed by atoms with Gasteiger partial charge in [0.15, 0.2) is 10.8 Å². The Morgan fingerprint density at radius 2 is 1.96 bits per heavy atom.